The highest BCUT2D eigenvalue weighted by Crippen LogP contribution is 2.29. The molecular weight excluding hydrogens is 314 g/mol. The molecule has 0 aliphatic carbocycles. The van der Waals surface area contributed by atoms with Gasteiger partial charge in [-0.05, 0) is 48.7 Å². The van der Waals surface area contributed by atoms with E-state index >= 15 is 0 Å². The molecule has 1 aliphatic heterocycles. The second-order valence-corrected chi connectivity index (χ2v) is 6.51. The van der Waals surface area contributed by atoms with Crippen LogP contribution in [0.5, 0.6) is 0 Å². The summed E-state index contributed by atoms with van der Waals surface area (Å²) in [6.07, 6.45) is 1.34. The smallest absolute Gasteiger partial charge is 0.337 e. The number of rotatable bonds is 5. The number of aryl methyl sites for hydroxylation is 1. The molecule has 1 saturated heterocycles. The Morgan fingerprint density at radius 1 is 1.16 bits per heavy atom. The average molecular weight is 337 g/mol. The van der Waals surface area contributed by atoms with Gasteiger partial charge in [-0.3, -0.25) is 4.79 Å². The van der Waals surface area contributed by atoms with Crippen molar-refractivity contribution in [3.63, 3.8) is 0 Å². The summed E-state index contributed by atoms with van der Waals surface area (Å²) in [5.41, 5.74) is 3.62. The number of methoxy groups -OCH3 is 1. The Labute approximate surface area is 148 Å². The molecule has 0 aromatic heterocycles. The Morgan fingerprint density at radius 3 is 2.60 bits per heavy atom. The molecule has 0 unspecified atom stereocenters. The van der Waals surface area contributed by atoms with Crippen molar-refractivity contribution >= 4 is 11.8 Å². The van der Waals surface area contributed by atoms with Gasteiger partial charge in [0.15, 0.2) is 5.78 Å². The quantitative estimate of drug-likeness (QED) is 0.852. The molecule has 1 aliphatic rings. The number of ketones is 1. The van der Waals surface area contributed by atoms with Crippen LogP contribution in [-0.2, 0) is 16.0 Å². The van der Waals surface area contributed by atoms with E-state index in [0.29, 0.717) is 12.0 Å². The molecule has 4 heteroatoms. The lowest BCUT2D eigenvalue weighted by Crippen LogP contribution is -2.36. The molecule has 2 aromatic carbocycles. The van der Waals surface area contributed by atoms with Crippen LogP contribution in [0.25, 0.3) is 0 Å². The summed E-state index contributed by atoms with van der Waals surface area (Å²) in [7, 11) is 1.37. The van der Waals surface area contributed by atoms with Crippen LogP contribution in [0.15, 0.2) is 48.5 Å². The highest BCUT2D eigenvalue weighted by atomic mass is 16.5. The van der Waals surface area contributed by atoms with Gasteiger partial charge >= 0.3 is 5.97 Å². The minimum absolute atomic E-state index is 0.151. The fourth-order valence-corrected chi connectivity index (χ4v) is 3.54. The van der Waals surface area contributed by atoms with Gasteiger partial charge in [-0.25, -0.2) is 4.79 Å². The third kappa shape index (κ3) is 3.80. The standard InChI is InChI=1S/C21H23NO3/c1-14-12-17(21(24)25-2)9-8-16(14)13-19(23)20-18(10-11-22-20)15-6-4-3-5-7-15/h3-9,12,18,20,22H,10-11,13H2,1-2H3/t18-,20-/m0/s1. The molecule has 1 N–H and O–H groups in total. The number of ether oxygens (including phenoxy) is 1. The maximum Gasteiger partial charge on any atom is 0.337 e. The van der Waals surface area contributed by atoms with Gasteiger partial charge in [-0.1, -0.05) is 36.4 Å². The summed E-state index contributed by atoms with van der Waals surface area (Å²) >= 11 is 0. The number of esters is 1. The van der Waals surface area contributed by atoms with E-state index in [1.54, 1.807) is 12.1 Å². The minimum Gasteiger partial charge on any atom is -0.465 e. The molecule has 0 spiro atoms. The highest BCUT2D eigenvalue weighted by molar-refractivity contribution is 5.91. The fraction of sp³-hybridized carbons (Fsp3) is 0.333. The number of benzene rings is 2. The maximum atomic E-state index is 12.9. The van der Waals surface area contributed by atoms with Gasteiger partial charge in [0.2, 0.25) is 0 Å². The maximum absolute atomic E-state index is 12.9. The van der Waals surface area contributed by atoms with Gasteiger partial charge in [0.05, 0.1) is 18.7 Å². The van der Waals surface area contributed by atoms with Crippen LogP contribution >= 0.6 is 0 Å². The summed E-state index contributed by atoms with van der Waals surface area (Å²) in [5.74, 6) is 0.0613. The van der Waals surface area contributed by atoms with Gasteiger partial charge < -0.3 is 10.1 Å². The number of carbonyl (C=O) groups excluding carboxylic acids is 2. The number of hydrogen-bond acceptors (Lipinski definition) is 4. The lowest BCUT2D eigenvalue weighted by molar-refractivity contribution is -0.120. The zero-order chi connectivity index (χ0) is 17.8. The van der Waals surface area contributed by atoms with Crippen molar-refractivity contribution in [1.82, 2.24) is 5.32 Å². The first-order chi connectivity index (χ1) is 12.1. The van der Waals surface area contributed by atoms with Crippen LogP contribution in [0.3, 0.4) is 0 Å². The summed E-state index contributed by atoms with van der Waals surface area (Å²) in [5, 5.41) is 3.36. The van der Waals surface area contributed by atoms with Crippen molar-refractivity contribution in [3.8, 4) is 0 Å². The summed E-state index contributed by atoms with van der Waals surface area (Å²) in [6, 6.07) is 15.4. The Hall–Kier alpha value is -2.46. The van der Waals surface area contributed by atoms with Crippen LogP contribution in [0.2, 0.25) is 0 Å². The molecule has 4 nitrogen and oxygen atoms in total. The molecule has 130 valence electrons. The lowest BCUT2D eigenvalue weighted by atomic mass is 9.87. The Balaban J connectivity index is 1.74. The second kappa shape index (κ2) is 7.62. The highest BCUT2D eigenvalue weighted by Gasteiger charge is 2.33. The molecule has 0 bridgehead atoms. The van der Waals surface area contributed by atoms with Crippen molar-refractivity contribution in [3.05, 3.63) is 70.8 Å². The molecule has 25 heavy (non-hydrogen) atoms. The van der Waals surface area contributed by atoms with Gasteiger partial charge in [-0.15, -0.1) is 0 Å². The van der Waals surface area contributed by atoms with Crippen molar-refractivity contribution in [2.75, 3.05) is 13.7 Å². The SMILES string of the molecule is COC(=O)c1ccc(CC(=O)[C@H]2NCC[C@H]2c2ccccc2)c(C)c1. The first kappa shape index (κ1) is 17.4. The molecule has 1 fully saturated rings. The lowest BCUT2D eigenvalue weighted by Gasteiger charge is -2.19. The van der Waals surface area contributed by atoms with Gasteiger partial charge in [-0.2, -0.15) is 0 Å². The second-order valence-electron chi connectivity index (χ2n) is 6.51. The third-order valence-electron chi connectivity index (χ3n) is 4.92. The van der Waals surface area contributed by atoms with Crippen molar-refractivity contribution < 1.29 is 14.3 Å². The predicted molar refractivity (Wildman–Crippen MR) is 96.8 cm³/mol. The Bertz CT molecular complexity index is 770. The Kier molecular flexibility index (Phi) is 5.29. The zero-order valence-electron chi connectivity index (χ0n) is 14.6. The van der Waals surface area contributed by atoms with Crippen LogP contribution in [-0.4, -0.2) is 31.4 Å². The monoisotopic (exact) mass is 337 g/mol. The summed E-state index contributed by atoms with van der Waals surface area (Å²) in [4.78, 5) is 24.5. The first-order valence-corrected chi connectivity index (χ1v) is 8.59. The fourth-order valence-electron chi connectivity index (χ4n) is 3.54. The Morgan fingerprint density at radius 2 is 1.92 bits per heavy atom. The average Bonchev–Trinajstić information content (AvgIpc) is 3.13. The van der Waals surface area contributed by atoms with E-state index in [4.69, 9.17) is 4.74 Å². The van der Waals surface area contributed by atoms with E-state index in [1.165, 1.54) is 12.7 Å². The van der Waals surface area contributed by atoms with Crippen molar-refractivity contribution in [2.45, 2.75) is 31.7 Å². The van der Waals surface area contributed by atoms with E-state index in [0.717, 1.165) is 24.1 Å². The number of nitrogens with one attached hydrogen (secondary N) is 1. The van der Waals surface area contributed by atoms with Crippen LogP contribution < -0.4 is 5.32 Å². The minimum atomic E-state index is -0.359. The van der Waals surface area contributed by atoms with E-state index in [1.807, 2.05) is 31.2 Å². The van der Waals surface area contributed by atoms with Crippen LogP contribution in [0.1, 0.15) is 39.4 Å². The van der Waals surface area contributed by atoms with E-state index < -0.39 is 0 Å². The van der Waals surface area contributed by atoms with Crippen LogP contribution in [0.4, 0.5) is 0 Å². The molecular formula is C21H23NO3. The van der Waals surface area contributed by atoms with Crippen molar-refractivity contribution in [1.29, 1.82) is 0 Å². The molecule has 3 rings (SSSR count). The molecule has 0 amide bonds. The zero-order valence-corrected chi connectivity index (χ0v) is 14.6. The normalized spacial score (nSPS) is 19.6. The van der Waals surface area contributed by atoms with E-state index in [9.17, 15) is 9.59 Å². The van der Waals surface area contributed by atoms with Gasteiger partial charge in [0.25, 0.3) is 0 Å². The topological polar surface area (TPSA) is 55.4 Å². The summed E-state index contributed by atoms with van der Waals surface area (Å²) in [6.45, 7) is 2.78. The van der Waals surface area contributed by atoms with Crippen LogP contribution in [0, 0.1) is 6.92 Å². The molecule has 2 aromatic rings. The summed E-state index contributed by atoms with van der Waals surface area (Å²) < 4.78 is 4.74. The van der Waals surface area contributed by atoms with Gasteiger partial charge in [0.1, 0.15) is 0 Å². The largest absolute Gasteiger partial charge is 0.465 e. The van der Waals surface area contributed by atoms with E-state index in [2.05, 4.69) is 17.4 Å². The molecule has 2 atom stereocenters. The third-order valence-corrected chi connectivity index (χ3v) is 4.92. The van der Waals surface area contributed by atoms with Gasteiger partial charge in [0, 0.05) is 12.3 Å². The number of carbonyl (C=O) groups is 2. The molecule has 0 radical (unpaired) electrons. The number of Topliss-reactive ketones (excluding diaryl/α,β-unsaturated/α-hetero) is 1. The predicted octanol–water partition coefficient (Wildman–Crippen LogP) is 3.04. The molecule has 0 saturated carbocycles. The van der Waals surface area contributed by atoms with E-state index in [-0.39, 0.29) is 23.7 Å². The van der Waals surface area contributed by atoms with Crippen molar-refractivity contribution in [2.24, 2.45) is 0 Å². The first-order valence-electron chi connectivity index (χ1n) is 8.59. The number of hydrogen-bond donors (Lipinski definition) is 1. The molecule has 1 heterocycles.